The third-order valence-electron chi connectivity index (χ3n) is 4.93. The van der Waals surface area contributed by atoms with Gasteiger partial charge in [0, 0.05) is 11.3 Å². The van der Waals surface area contributed by atoms with Gasteiger partial charge in [-0.2, -0.15) is 4.98 Å². The summed E-state index contributed by atoms with van der Waals surface area (Å²) >= 11 is 7.08. The summed E-state index contributed by atoms with van der Waals surface area (Å²) in [6.07, 6.45) is 0. The van der Waals surface area contributed by atoms with E-state index < -0.39 is 0 Å². The molecule has 4 rings (SSSR count). The maximum Gasteiger partial charge on any atom is 0.221 e. The average Bonchev–Trinajstić information content (AvgIpc) is 3.33. The second-order valence-corrected chi connectivity index (χ2v) is 8.07. The highest BCUT2D eigenvalue weighted by molar-refractivity contribution is 7.71. The average molecular weight is 401 g/mol. The van der Waals surface area contributed by atoms with E-state index in [0.29, 0.717) is 4.77 Å². The highest BCUT2D eigenvalue weighted by atomic mass is 32.1. The fourth-order valence-corrected chi connectivity index (χ4v) is 4.22. The number of ketones is 1. The number of benzene rings is 1. The number of nitrogens with one attached hydrogen (secondary N) is 2. The van der Waals surface area contributed by atoms with Crippen LogP contribution in [0, 0.1) is 4.77 Å². The van der Waals surface area contributed by atoms with Gasteiger partial charge < -0.3 is 9.80 Å². The number of hydrogen-bond acceptors (Lipinski definition) is 5. The van der Waals surface area contributed by atoms with Crippen molar-refractivity contribution in [3.05, 3.63) is 52.1 Å². The Morgan fingerprint density at radius 3 is 2.63 bits per heavy atom. The molecule has 1 aliphatic rings. The van der Waals surface area contributed by atoms with Crippen LogP contribution in [0.2, 0.25) is 0 Å². The van der Waals surface area contributed by atoms with Crippen molar-refractivity contribution in [2.45, 2.75) is 13.6 Å². The molecular formula is C19H22N5OS2+. The number of thiophene rings is 1. The number of carbonyl (C=O) groups excluding carboxylic acids is 1. The van der Waals surface area contributed by atoms with Gasteiger partial charge in [-0.25, -0.2) is 4.68 Å². The normalized spacial score (nSPS) is 15.2. The number of carbonyl (C=O) groups is 1. The number of quaternary nitrogens is 1. The van der Waals surface area contributed by atoms with E-state index in [4.69, 9.17) is 12.2 Å². The van der Waals surface area contributed by atoms with Crippen LogP contribution in [-0.4, -0.2) is 46.7 Å². The Kier molecular flexibility index (Phi) is 5.20. The number of piperazine rings is 1. The van der Waals surface area contributed by atoms with Crippen molar-refractivity contribution >= 4 is 35.0 Å². The maximum absolute atomic E-state index is 11.4. The summed E-state index contributed by atoms with van der Waals surface area (Å²) in [5.74, 6) is 0.952. The van der Waals surface area contributed by atoms with E-state index in [1.807, 2.05) is 46.5 Å². The maximum atomic E-state index is 11.4. The molecule has 3 heterocycles. The van der Waals surface area contributed by atoms with Gasteiger partial charge in [-0.1, -0.05) is 6.07 Å². The number of H-pyrrole nitrogens is 1. The molecule has 6 nitrogen and oxygen atoms in total. The number of nitrogens with zero attached hydrogens (tertiary/aromatic N) is 3. The van der Waals surface area contributed by atoms with Gasteiger partial charge in [0.05, 0.1) is 31.1 Å². The zero-order valence-corrected chi connectivity index (χ0v) is 16.8. The van der Waals surface area contributed by atoms with Crippen molar-refractivity contribution in [2.24, 2.45) is 0 Å². The molecule has 0 atom stereocenters. The Bertz CT molecular complexity index is 966. The van der Waals surface area contributed by atoms with E-state index in [-0.39, 0.29) is 5.78 Å². The molecule has 0 unspecified atom stereocenters. The van der Waals surface area contributed by atoms with Crippen molar-refractivity contribution in [1.82, 2.24) is 14.8 Å². The largest absolute Gasteiger partial charge is 0.360 e. The lowest BCUT2D eigenvalue weighted by molar-refractivity contribution is -0.924. The molecule has 1 aromatic carbocycles. The summed E-state index contributed by atoms with van der Waals surface area (Å²) in [6, 6.07) is 12.0. The van der Waals surface area contributed by atoms with Gasteiger partial charge in [0.1, 0.15) is 0 Å². The first-order valence-electron chi connectivity index (χ1n) is 9.00. The zero-order valence-electron chi connectivity index (χ0n) is 15.1. The number of anilines is 1. The highest BCUT2D eigenvalue weighted by Gasteiger charge is 2.21. The Morgan fingerprint density at radius 2 is 2.00 bits per heavy atom. The molecule has 0 spiro atoms. The van der Waals surface area contributed by atoms with Crippen LogP contribution in [0.15, 0.2) is 41.8 Å². The van der Waals surface area contributed by atoms with Gasteiger partial charge in [-0.05, 0) is 54.9 Å². The topological polar surface area (TPSA) is 58.4 Å². The standard InChI is InChI=1S/C19H21N5OS2/c1-14(25)15-4-6-16(7-5-15)23-10-8-22(9-11-23)13-24-19(26)20-18(21-24)17-3-2-12-27-17/h2-7,12H,8-11,13H2,1H3,(H,20,21,26)/p+1. The van der Waals surface area contributed by atoms with Crippen LogP contribution in [0.1, 0.15) is 17.3 Å². The van der Waals surface area contributed by atoms with Crippen molar-refractivity contribution in [3.8, 4) is 10.7 Å². The molecule has 0 aliphatic carbocycles. The van der Waals surface area contributed by atoms with E-state index in [1.165, 1.54) is 10.6 Å². The second kappa shape index (κ2) is 7.75. The van der Waals surface area contributed by atoms with Crippen LogP contribution in [0.3, 0.4) is 0 Å². The third-order valence-corrected chi connectivity index (χ3v) is 6.11. The second-order valence-electron chi connectivity index (χ2n) is 6.76. The SMILES string of the molecule is CC(=O)c1ccc(N2CC[NH+](Cn3[nH]c(-c4cccs4)nc3=S)CC2)cc1. The van der Waals surface area contributed by atoms with E-state index in [9.17, 15) is 4.79 Å². The summed E-state index contributed by atoms with van der Waals surface area (Å²) in [5.41, 5.74) is 1.94. The van der Waals surface area contributed by atoms with Gasteiger partial charge in [-0.15, -0.1) is 11.3 Å². The molecule has 1 fully saturated rings. The summed E-state index contributed by atoms with van der Waals surface area (Å²) < 4.78 is 2.57. The molecule has 0 amide bonds. The minimum absolute atomic E-state index is 0.106. The Morgan fingerprint density at radius 1 is 1.26 bits per heavy atom. The highest BCUT2D eigenvalue weighted by Crippen LogP contribution is 2.20. The quantitative estimate of drug-likeness (QED) is 0.509. The summed E-state index contributed by atoms with van der Waals surface area (Å²) in [4.78, 5) is 20.9. The van der Waals surface area contributed by atoms with Gasteiger partial charge in [0.15, 0.2) is 18.3 Å². The molecule has 27 heavy (non-hydrogen) atoms. The number of aromatic amines is 1. The first kappa shape index (κ1) is 18.1. The van der Waals surface area contributed by atoms with Crippen molar-refractivity contribution < 1.29 is 9.69 Å². The number of aromatic nitrogens is 3. The molecule has 3 aromatic rings. The summed E-state index contributed by atoms with van der Waals surface area (Å²) in [7, 11) is 0. The summed E-state index contributed by atoms with van der Waals surface area (Å²) in [5, 5.41) is 5.38. The van der Waals surface area contributed by atoms with Crippen LogP contribution in [0.5, 0.6) is 0 Å². The summed E-state index contributed by atoms with van der Waals surface area (Å²) in [6.45, 7) is 6.42. The molecule has 2 aromatic heterocycles. The predicted molar refractivity (Wildman–Crippen MR) is 110 cm³/mol. The Hall–Kier alpha value is -2.29. The number of hydrogen-bond donors (Lipinski definition) is 2. The monoisotopic (exact) mass is 400 g/mol. The first-order chi connectivity index (χ1) is 13.1. The Balaban J connectivity index is 1.37. The van der Waals surface area contributed by atoms with Crippen molar-refractivity contribution in [2.75, 3.05) is 31.1 Å². The molecule has 2 N–H and O–H groups in total. The van der Waals surface area contributed by atoms with Crippen LogP contribution in [0.25, 0.3) is 10.7 Å². The third kappa shape index (κ3) is 4.02. The predicted octanol–water partition coefficient (Wildman–Crippen LogP) is 2.23. The Labute approximate surface area is 167 Å². The fourth-order valence-electron chi connectivity index (χ4n) is 3.36. The van der Waals surface area contributed by atoms with Crippen LogP contribution in [-0.2, 0) is 6.67 Å². The molecule has 0 radical (unpaired) electrons. The van der Waals surface area contributed by atoms with Crippen LogP contribution >= 0.6 is 23.6 Å². The smallest absolute Gasteiger partial charge is 0.221 e. The molecule has 0 bridgehead atoms. The number of Topliss-reactive ketones (excluding diaryl/α,β-unsaturated/α-hetero) is 1. The van der Waals surface area contributed by atoms with Gasteiger partial charge >= 0.3 is 0 Å². The van der Waals surface area contributed by atoms with Gasteiger partial charge in [0.2, 0.25) is 4.77 Å². The van der Waals surface area contributed by atoms with Crippen molar-refractivity contribution in [1.29, 1.82) is 0 Å². The minimum atomic E-state index is 0.106. The van der Waals surface area contributed by atoms with Gasteiger partial charge in [0.25, 0.3) is 0 Å². The molecule has 0 saturated carbocycles. The first-order valence-corrected chi connectivity index (χ1v) is 10.3. The van der Waals surface area contributed by atoms with Crippen LogP contribution < -0.4 is 9.80 Å². The molecule has 1 saturated heterocycles. The zero-order chi connectivity index (χ0) is 18.8. The lowest BCUT2D eigenvalue weighted by atomic mass is 10.1. The van der Waals surface area contributed by atoms with Gasteiger partial charge in [-0.3, -0.25) is 9.89 Å². The fraction of sp³-hybridized carbons (Fsp3) is 0.316. The van der Waals surface area contributed by atoms with E-state index in [0.717, 1.165) is 49.1 Å². The lowest BCUT2D eigenvalue weighted by Crippen LogP contribution is -3.14. The number of rotatable bonds is 5. The van der Waals surface area contributed by atoms with E-state index in [2.05, 4.69) is 15.0 Å². The molecule has 1 aliphatic heterocycles. The lowest BCUT2D eigenvalue weighted by Gasteiger charge is -2.33. The minimum Gasteiger partial charge on any atom is -0.360 e. The van der Waals surface area contributed by atoms with Crippen LogP contribution in [0.4, 0.5) is 5.69 Å². The van der Waals surface area contributed by atoms with E-state index >= 15 is 0 Å². The van der Waals surface area contributed by atoms with E-state index in [1.54, 1.807) is 18.3 Å². The molecule has 140 valence electrons. The molecular weight excluding hydrogens is 378 g/mol. The molecule has 8 heteroatoms. The van der Waals surface area contributed by atoms with Crippen molar-refractivity contribution in [3.63, 3.8) is 0 Å².